The molecule has 0 spiro atoms. The first-order valence-electron chi connectivity index (χ1n) is 11.5. The number of para-hydroxylation sites is 2. The number of carbonyl (C=O) groups is 2. The predicted molar refractivity (Wildman–Crippen MR) is 132 cm³/mol. The molecule has 1 N–H and O–H groups in total. The van der Waals surface area contributed by atoms with Gasteiger partial charge in [-0.3, -0.25) is 9.59 Å². The van der Waals surface area contributed by atoms with Crippen LogP contribution in [-0.2, 0) is 16.1 Å². The number of carbonyl (C=O) groups excluding carboxylic acids is 2. The van der Waals surface area contributed by atoms with Crippen molar-refractivity contribution in [1.82, 2.24) is 9.47 Å². The maximum absolute atomic E-state index is 13.3. The van der Waals surface area contributed by atoms with E-state index in [4.69, 9.17) is 0 Å². The average Bonchev–Trinajstić information content (AvgIpc) is 3.23. The van der Waals surface area contributed by atoms with E-state index in [1.54, 1.807) is 0 Å². The van der Waals surface area contributed by atoms with Crippen LogP contribution in [0.15, 0.2) is 91.0 Å². The highest BCUT2D eigenvalue weighted by Gasteiger charge is 2.28. The smallest absolute Gasteiger partial charge is 0.242 e. The molecule has 1 aliphatic rings. The molecule has 166 valence electrons. The largest absolute Gasteiger partial charge is 0.341 e. The molecule has 4 aromatic rings. The fourth-order valence-corrected chi connectivity index (χ4v) is 4.62. The van der Waals surface area contributed by atoms with E-state index in [1.165, 1.54) is 0 Å². The normalized spacial score (nSPS) is 14.4. The minimum absolute atomic E-state index is 0.0380. The van der Waals surface area contributed by atoms with E-state index < -0.39 is 0 Å². The number of fused-ring (bicyclic) bond motifs is 1. The Morgan fingerprint density at radius 1 is 0.818 bits per heavy atom. The van der Waals surface area contributed by atoms with Crippen LogP contribution in [0.25, 0.3) is 22.2 Å². The summed E-state index contributed by atoms with van der Waals surface area (Å²) in [6.45, 7) is 1.50. The Hall–Kier alpha value is -3.86. The van der Waals surface area contributed by atoms with Crippen LogP contribution < -0.4 is 5.32 Å². The summed E-state index contributed by atoms with van der Waals surface area (Å²) in [5.41, 5.74) is 4.01. The van der Waals surface area contributed by atoms with Crippen molar-refractivity contribution in [2.45, 2.75) is 19.4 Å². The Labute approximate surface area is 193 Å². The number of aromatic nitrogens is 1. The first-order valence-corrected chi connectivity index (χ1v) is 11.5. The van der Waals surface area contributed by atoms with Gasteiger partial charge in [-0.15, -0.1) is 0 Å². The van der Waals surface area contributed by atoms with Crippen molar-refractivity contribution >= 4 is 28.4 Å². The van der Waals surface area contributed by atoms with Gasteiger partial charge in [-0.05, 0) is 42.7 Å². The van der Waals surface area contributed by atoms with Crippen molar-refractivity contribution in [3.63, 3.8) is 0 Å². The van der Waals surface area contributed by atoms with Gasteiger partial charge in [0.15, 0.2) is 0 Å². The number of likely N-dealkylation sites (tertiary alicyclic amines) is 1. The summed E-state index contributed by atoms with van der Waals surface area (Å²) < 4.78 is 2.11. The lowest BCUT2D eigenvalue weighted by Gasteiger charge is -2.31. The molecular weight excluding hydrogens is 410 g/mol. The van der Waals surface area contributed by atoms with Crippen LogP contribution in [-0.4, -0.2) is 34.4 Å². The van der Waals surface area contributed by atoms with Gasteiger partial charge in [0.2, 0.25) is 11.8 Å². The first kappa shape index (κ1) is 21.0. The second-order valence-corrected chi connectivity index (χ2v) is 8.55. The van der Waals surface area contributed by atoms with E-state index in [-0.39, 0.29) is 17.7 Å². The first-order chi connectivity index (χ1) is 16.2. The number of amides is 2. The Kier molecular flexibility index (Phi) is 5.94. The van der Waals surface area contributed by atoms with Crippen LogP contribution in [0.4, 0.5) is 5.69 Å². The van der Waals surface area contributed by atoms with Gasteiger partial charge in [0, 0.05) is 41.3 Å². The van der Waals surface area contributed by atoms with E-state index in [0.29, 0.717) is 32.5 Å². The highest BCUT2D eigenvalue weighted by molar-refractivity contribution is 5.93. The van der Waals surface area contributed by atoms with E-state index in [2.05, 4.69) is 40.2 Å². The number of nitrogens with zero attached hydrogens (tertiary/aromatic N) is 2. The Bertz CT molecular complexity index is 1260. The summed E-state index contributed by atoms with van der Waals surface area (Å²) in [6.07, 6.45) is 1.37. The monoisotopic (exact) mass is 437 g/mol. The molecule has 0 saturated carbocycles. The number of benzene rings is 3. The van der Waals surface area contributed by atoms with Crippen molar-refractivity contribution in [2.75, 3.05) is 18.4 Å². The zero-order valence-electron chi connectivity index (χ0n) is 18.5. The third-order valence-corrected chi connectivity index (χ3v) is 6.43. The molecule has 0 aliphatic carbocycles. The molecule has 5 heteroatoms. The van der Waals surface area contributed by atoms with Gasteiger partial charge in [0.1, 0.15) is 6.54 Å². The summed E-state index contributed by atoms with van der Waals surface area (Å²) >= 11 is 0. The van der Waals surface area contributed by atoms with Gasteiger partial charge in [-0.1, -0.05) is 66.7 Å². The van der Waals surface area contributed by atoms with Crippen LogP contribution in [0.2, 0.25) is 0 Å². The van der Waals surface area contributed by atoms with E-state index in [0.717, 1.165) is 27.8 Å². The van der Waals surface area contributed by atoms with E-state index in [9.17, 15) is 9.59 Å². The van der Waals surface area contributed by atoms with Crippen molar-refractivity contribution in [1.29, 1.82) is 0 Å². The maximum Gasteiger partial charge on any atom is 0.242 e. The predicted octanol–water partition coefficient (Wildman–Crippen LogP) is 5.19. The van der Waals surface area contributed by atoms with Crippen LogP contribution >= 0.6 is 0 Å². The maximum atomic E-state index is 13.3. The molecule has 3 aromatic carbocycles. The Morgan fingerprint density at radius 2 is 1.45 bits per heavy atom. The van der Waals surface area contributed by atoms with Gasteiger partial charge in [-0.25, -0.2) is 0 Å². The zero-order chi connectivity index (χ0) is 22.6. The van der Waals surface area contributed by atoms with Crippen LogP contribution in [0, 0.1) is 5.92 Å². The second kappa shape index (κ2) is 9.33. The molecule has 0 radical (unpaired) electrons. The van der Waals surface area contributed by atoms with E-state index in [1.807, 2.05) is 65.6 Å². The molecule has 1 saturated heterocycles. The minimum atomic E-state index is -0.0680. The third kappa shape index (κ3) is 4.53. The molecule has 0 unspecified atom stereocenters. The van der Waals surface area contributed by atoms with Crippen LogP contribution in [0.1, 0.15) is 12.8 Å². The fourth-order valence-electron chi connectivity index (χ4n) is 4.62. The van der Waals surface area contributed by atoms with Crippen molar-refractivity contribution in [2.24, 2.45) is 5.92 Å². The summed E-state index contributed by atoms with van der Waals surface area (Å²) in [7, 11) is 0. The molecule has 1 aliphatic heterocycles. The SMILES string of the molecule is O=C(Nc1ccccc1)C1CCN(C(=O)Cn2c(-c3ccccc3)cc3ccccc32)CC1. The van der Waals surface area contributed by atoms with Gasteiger partial charge in [0.05, 0.1) is 0 Å². The van der Waals surface area contributed by atoms with Gasteiger partial charge in [0.25, 0.3) is 0 Å². The highest BCUT2D eigenvalue weighted by Crippen LogP contribution is 2.29. The topological polar surface area (TPSA) is 54.3 Å². The lowest BCUT2D eigenvalue weighted by atomic mass is 9.95. The molecule has 1 fully saturated rings. The summed E-state index contributed by atoms with van der Waals surface area (Å²) in [4.78, 5) is 27.8. The van der Waals surface area contributed by atoms with Gasteiger partial charge < -0.3 is 14.8 Å². The highest BCUT2D eigenvalue weighted by atomic mass is 16.2. The molecule has 2 heterocycles. The Balaban J connectivity index is 1.28. The van der Waals surface area contributed by atoms with Crippen LogP contribution in [0.5, 0.6) is 0 Å². The van der Waals surface area contributed by atoms with Crippen LogP contribution in [0.3, 0.4) is 0 Å². The molecule has 0 bridgehead atoms. The molecular formula is C28H27N3O2. The van der Waals surface area contributed by atoms with Crippen molar-refractivity contribution in [3.05, 3.63) is 91.0 Å². The number of anilines is 1. The molecule has 1 aromatic heterocycles. The quantitative estimate of drug-likeness (QED) is 0.467. The van der Waals surface area contributed by atoms with E-state index >= 15 is 0 Å². The standard InChI is InChI=1S/C28H27N3O2/c32-27(30-17-15-22(16-18-30)28(33)29-24-12-5-2-6-13-24)20-31-25-14-8-7-11-23(25)19-26(31)21-9-3-1-4-10-21/h1-14,19,22H,15-18,20H2,(H,29,33). The summed E-state index contributed by atoms with van der Waals surface area (Å²) in [5, 5.41) is 4.12. The number of rotatable bonds is 5. The minimum Gasteiger partial charge on any atom is -0.341 e. The fraction of sp³-hybridized carbons (Fsp3) is 0.214. The zero-order valence-corrected chi connectivity index (χ0v) is 18.5. The number of piperidine rings is 1. The van der Waals surface area contributed by atoms with Gasteiger partial charge >= 0.3 is 0 Å². The second-order valence-electron chi connectivity index (χ2n) is 8.55. The summed E-state index contributed by atoms with van der Waals surface area (Å²) in [6, 6.07) is 30.0. The van der Waals surface area contributed by atoms with Gasteiger partial charge in [-0.2, -0.15) is 0 Å². The molecule has 2 amide bonds. The van der Waals surface area contributed by atoms with Crippen molar-refractivity contribution in [3.8, 4) is 11.3 Å². The molecule has 5 rings (SSSR count). The molecule has 5 nitrogen and oxygen atoms in total. The average molecular weight is 438 g/mol. The molecule has 33 heavy (non-hydrogen) atoms. The Morgan fingerprint density at radius 3 is 2.18 bits per heavy atom. The number of hydrogen-bond donors (Lipinski definition) is 1. The third-order valence-electron chi connectivity index (χ3n) is 6.43. The summed E-state index contributed by atoms with van der Waals surface area (Å²) in [5.74, 6) is 0.0630. The lowest BCUT2D eigenvalue weighted by Crippen LogP contribution is -2.42. The number of nitrogens with one attached hydrogen (secondary N) is 1. The lowest BCUT2D eigenvalue weighted by molar-refractivity contribution is -0.135. The van der Waals surface area contributed by atoms with Crippen molar-refractivity contribution < 1.29 is 9.59 Å². The number of hydrogen-bond acceptors (Lipinski definition) is 2. The molecule has 0 atom stereocenters.